The summed E-state index contributed by atoms with van der Waals surface area (Å²) >= 11 is 6.16. The molecule has 0 atom stereocenters. The Bertz CT molecular complexity index is 915. The van der Waals surface area contributed by atoms with Crippen molar-refractivity contribution >= 4 is 23.4 Å². The molecule has 0 spiro atoms. The topological polar surface area (TPSA) is 111 Å². The number of carbonyl (C=O) groups is 1. The summed E-state index contributed by atoms with van der Waals surface area (Å²) < 4.78 is 31.7. The first kappa shape index (κ1) is 22.4. The standard InChI is InChI=1S/C16H16ClN5.C2HF3O2/c17-13-4-2-1-3-11(13)5-8-20-16-12-10-19-7-6-14(12)21-15(9-18)22-16;3-2(4,5)1(6)7/h1-4,19H,5-8,10H2,(H,20,21,22);(H,6,7). The number of fused-ring (bicyclic) bond motifs is 1. The van der Waals surface area contributed by atoms with Crippen LogP contribution in [0.2, 0.25) is 5.02 Å². The molecule has 3 N–H and O–H groups in total. The van der Waals surface area contributed by atoms with Crippen LogP contribution in [0.25, 0.3) is 0 Å². The van der Waals surface area contributed by atoms with Crippen molar-refractivity contribution in [2.45, 2.75) is 25.6 Å². The van der Waals surface area contributed by atoms with Gasteiger partial charge in [0.2, 0.25) is 5.82 Å². The number of nitrogens with one attached hydrogen (secondary N) is 2. The first-order valence-corrected chi connectivity index (χ1v) is 8.88. The van der Waals surface area contributed by atoms with Crippen LogP contribution in [0, 0.1) is 11.3 Å². The highest BCUT2D eigenvalue weighted by atomic mass is 35.5. The predicted molar refractivity (Wildman–Crippen MR) is 99.5 cm³/mol. The number of hydrogen-bond donors (Lipinski definition) is 3. The lowest BCUT2D eigenvalue weighted by Crippen LogP contribution is -2.27. The van der Waals surface area contributed by atoms with Crippen molar-refractivity contribution in [2.75, 3.05) is 18.4 Å². The van der Waals surface area contributed by atoms with Gasteiger partial charge in [0, 0.05) is 36.6 Å². The molecule has 0 saturated carbocycles. The Hall–Kier alpha value is -2.90. The average molecular weight is 428 g/mol. The van der Waals surface area contributed by atoms with Crippen LogP contribution in [0.4, 0.5) is 19.0 Å². The molecule has 1 aromatic carbocycles. The molecule has 154 valence electrons. The van der Waals surface area contributed by atoms with Crippen LogP contribution in [0.15, 0.2) is 24.3 Å². The maximum atomic E-state index is 10.6. The van der Waals surface area contributed by atoms with E-state index in [4.69, 9.17) is 26.8 Å². The van der Waals surface area contributed by atoms with Crippen LogP contribution < -0.4 is 10.6 Å². The minimum absolute atomic E-state index is 0.223. The molecule has 0 unspecified atom stereocenters. The minimum Gasteiger partial charge on any atom is -0.475 e. The van der Waals surface area contributed by atoms with E-state index in [1.54, 1.807) is 0 Å². The third-order valence-corrected chi connectivity index (χ3v) is 4.29. The maximum absolute atomic E-state index is 10.6. The molecule has 0 amide bonds. The summed E-state index contributed by atoms with van der Waals surface area (Å²) in [5.74, 6) is -1.78. The largest absolute Gasteiger partial charge is 0.490 e. The van der Waals surface area contributed by atoms with Crippen LogP contribution in [0.1, 0.15) is 22.6 Å². The number of nitriles is 1. The van der Waals surface area contributed by atoms with E-state index in [9.17, 15) is 13.2 Å². The van der Waals surface area contributed by atoms with Crippen LogP contribution in [-0.2, 0) is 24.2 Å². The van der Waals surface area contributed by atoms with Gasteiger partial charge in [-0.05, 0) is 18.1 Å². The maximum Gasteiger partial charge on any atom is 0.490 e. The molecule has 1 aliphatic rings. The van der Waals surface area contributed by atoms with Gasteiger partial charge < -0.3 is 15.7 Å². The van der Waals surface area contributed by atoms with Gasteiger partial charge in [0.1, 0.15) is 11.9 Å². The monoisotopic (exact) mass is 427 g/mol. The van der Waals surface area contributed by atoms with Crippen molar-refractivity contribution in [3.8, 4) is 6.07 Å². The molecule has 0 saturated heterocycles. The molecule has 0 bridgehead atoms. The van der Waals surface area contributed by atoms with Gasteiger partial charge in [0.25, 0.3) is 0 Å². The van der Waals surface area contributed by atoms with Crippen molar-refractivity contribution in [3.05, 3.63) is 51.9 Å². The zero-order valence-electron chi connectivity index (χ0n) is 15.1. The summed E-state index contributed by atoms with van der Waals surface area (Å²) in [6, 6.07) is 9.84. The van der Waals surface area contributed by atoms with E-state index >= 15 is 0 Å². The van der Waals surface area contributed by atoms with Gasteiger partial charge in [-0.15, -0.1) is 0 Å². The van der Waals surface area contributed by atoms with Gasteiger partial charge in [-0.25, -0.2) is 14.8 Å². The molecule has 0 fully saturated rings. The first-order valence-electron chi connectivity index (χ1n) is 8.50. The molecule has 11 heteroatoms. The lowest BCUT2D eigenvalue weighted by Gasteiger charge is -2.19. The van der Waals surface area contributed by atoms with E-state index in [2.05, 4.69) is 20.6 Å². The number of benzene rings is 1. The van der Waals surface area contributed by atoms with Crippen molar-refractivity contribution in [1.29, 1.82) is 5.26 Å². The van der Waals surface area contributed by atoms with Crippen LogP contribution in [-0.4, -0.2) is 40.3 Å². The Balaban J connectivity index is 0.000000370. The molecule has 0 radical (unpaired) electrons. The fraction of sp³-hybridized carbons (Fsp3) is 0.333. The SMILES string of the molecule is N#Cc1nc2c(c(NCCc3ccccc3Cl)n1)CNCC2.O=C(O)C(F)(F)F. The number of rotatable bonds is 4. The summed E-state index contributed by atoms with van der Waals surface area (Å²) in [5, 5.41) is 23.6. The Morgan fingerprint density at radius 3 is 2.66 bits per heavy atom. The fourth-order valence-corrected chi connectivity index (χ4v) is 2.79. The highest BCUT2D eigenvalue weighted by Gasteiger charge is 2.38. The average Bonchev–Trinajstić information content (AvgIpc) is 2.69. The van der Waals surface area contributed by atoms with Crippen molar-refractivity contribution in [2.24, 2.45) is 0 Å². The molecule has 2 aromatic rings. The number of aromatic nitrogens is 2. The number of aliphatic carboxylic acids is 1. The van der Waals surface area contributed by atoms with E-state index in [-0.39, 0.29) is 5.82 Å². The molecule has 2 heterocycles. The van der Waals surface area contributed by atoms with Crippen LogP contribution in [0.5, 0.6) is 0 Å². The molecular weight excluding hydrogens is 411 g/mol. The molecular formula is C18H17ClF3N5O2. The second kappa shape index (κ2) is 10.0. The number of halogens is 4. The Kier molecular flexibility index (Phi) is 7.75. The van der Waals surface area contributed by atoms with Gasteiger partial charge in [-0.3, -0.25) is 0 Å². The Morgan fingerprint density at radius 2 is 2.03 bits per heavy atom. The molecule has 29 heavy (non-hydrogen) atoms. The quantitative estimate of drug-likeness (QED) is 0.687. The summed E-state index contributed by atoms with van der Waals surface area (Å²) in [5.41, 5.74) is 3.12. The van der Waals surface area contributed by atoms with E-state index < -0.39 is 12.1 Å². The van der Waals surface area contributed by atoms with E-state index in [0.717, 1.165) is 53.6 Å². The number of nitrogens with zero attached hydrogens (tertiary/aromatic N) is 3. The fourth-order valence-electron chi connectivity index (χ4n) is 2.56. The third kappa shape index (κ3) is 6.58. The summed E-state index contributed by atoms with van der Waals surface area (Å²) in [4.78, 5) is 17.5. The first-order chi connectivity index (χ1) is 13.7. The summed E-state index contributed by atoms with van der Waals surface area (Å²) in [6.07, 6.45) is -3.46. The van der Waals surface area contributed by atoms with Crippen LogP contribution in [0.3, 0.4) is 0 Å². The summed E-state index contributed by atoms with van der Waals surface area (Å²) in [7, 11) is 0. The molecule has 3 rings (SSSR count). The lowest BCUT2D eigenvalue weighted by atomic mass is 10.1. The molecule has 1 aliphatic heterocycles. The molecule has 7 nitrogen and oxygen atoms in total. The van der Waals surface area contributed by atoms with E-state index in [1.807, 2.05) is 30.3 Å². The number of hydrogen-bond acceptors (Lipinski definition) is 6. The summed E-state index contributed by atoms with van der Waals surface area (Å²) in [6.45, 7) is 2.32. The minimum atomic E-state index is -5.08. The Morgan fingerprint density at radius 1 is 1.34 bits per heavy atom. The van der Waals surface area contributed by atoms with Gasteiger partial charge in [-0.2, -0.15) is 18.4 Å². The second-order valence-electron chi connectivity index (χ2n) is 5.93. The predicted octanol–water partition coefficient (Wildman–Crippen LogP) is 2.94. The highest BCUT2D eigenvalue weighted by molar-refractivity contribution is 6.31. The van der Waals surface area contributed by atoms with Gasteiger partial charge >= 0.3 is 12.1 Å². The van der Waals surface area contributed by atoms with Crippen molar-refractivity contribution in [3.63, 3.8) is 0 Å². The number of alkyl halides is 3. The van der Waals surface area contributed by atoms with Gasteiger partial charge in [-0.1, -0.05) is 29.8 Å². The second-order valence-corrected chi connectivity index (χ2v) is 6.34. The zero-order chi connectivity index (χ0) is 21.4. The van der Waals surface area contributed by atoms with Crippen LogP contribution >= 0.6 is 11.6 Å². The van der Waals surface area contributed by atoms with E-state index in [1.165, 1.54) is 0 Å². The molecule has 1 aromatic heterocycles. The zero-order valence-corrected chi connectivity index (χ0v) is 15.8. The van der Waals surface area contributed by atoms with Gasteiger partial charge in [0.15, 0.2) is 0 Å². The third-order valence-electron chi connectivity index (χ3n) is 3.92. The van der Waals surface area contributed by atoms with E-state index in [0.29, 0.717) is 6.54 Å². The smallest absolute Gasteiger partial charge is 0.475 e. The van der Waals surface area contributed by atoms with Crippen molar-refractivity contribution in [1.82, 2.24) is 15.3 Å². The Labute approximate surface area is 169 Å². The molecule has 0 aliphatic carbocycles. The highest BCUT2D eigenvalue weighted by Crippen LogP contribution is 2.21. The lowest BCUT2D eigenvalue weighted by molar-refractivity contribution is -0.192. The number of carboxylic acid groups (broad SMARTS) is 1. The normalized spacial score (nSPS) is 12.8. The number of carboxylic acids is 1. The van der Waals surface area contributed by atoms with Crippen molar-refractivity contribution < 1.29 is 23.1 Å². The van der Waals surface area contributed by atoms with Gasteiger partial charge in [0.05, 0.1) is 5.69 Å². The number of anilines is 1.